The number of nitrogens with zero attached hydrogens (tertiary/aromatic N) is 2. The fourth-order valence-electron chi connectivity index (χ4n) is 2.76. The zero-order chi connectivity index (χ0) is 20.1. The Bertz CT molecular complexity index is 974. The lowest BCUT2D eigenvalue weighted by molar-refractivity contribution is 0.0947. The normalized spacial score (nSPS) is 10.4. The van der Waals surface area contributed by atoms with Crippen molar-refractivity contribution in [1.29, 1.82) is 0 Å². The van der Waals surface area contributed by atoms with E-state index in [4.69, 9.17) is 14.2 Å². The molecule has 0 aliphatic heterocycles. The second-order valence-electron chi connectivity index (χ2n) is 5.85. The van der Waals surface area contributed by atoms with E-state index in [0.717, 1.165) is 0 Å². The Hall–Kier alpha value is -3.55. The van der Waals surface area contributed by atoms with Gasteiger partial charge in [-0.1, -0.05) is 6.07 Å². The maximum atomic E-state index is 14.3. The molecule has 8 heteroatoms. The summed E-state index contributed by atoms with van der Waals surface area (Å²) in [4.78, 5) is 16.5. The summed E-state index contributed by atoms with van der Waals surface area (Å²) in [6, 6.07) is 7.87. The van der Waals surface area contributed by atoms with Gasteiger partial charge in [-0.3, -0.25) is 4.79 Å². The van der Waals surface area contributed by atoms with Crippen LogP contribution in [-0.4, -0.2) is 36.8 Å². The maximum Gasteiger partial charge on any atom is 0.255 e. The van der Waals surface area contributed by atoms with Gasteiger partial charge in [-0.2, -0.15) is 0 Å². The zero-order valence-corrected chi connectivity index (χ0v) is 15.7. The molecule has 1 amide bonds. The summed E-state index contributed by atoms with van der Waals surface area (Å²) < 4.78 is 31.6. The maximum absolute atomic E-state index is 14.3. The highest BCUT2D eigenvalue weighted by Gasteiger charge is 2.17. The lowest BCUT2D eigenvalue weighted by Gasteiger charge is -2.14. The van der Waals surface area contributed by atoms with Crippen molar-refractivity contribution in [2.75, 3.05) is 21.3 Å². The van der Waals surface area contributed by atoms with E-state index in [0.29, 0.717) is 28.5 Å². The number of nitrogens with one attached hydrogen (secondary N) is 1. The monoisotopic (exact) mass is 385 g/mol. The Morgan fingerprint density at radius 1 is 1.07 bits per heavy atom. The molecule has 0 radical (unpaired) electrons. The third-order valence-electron chi connectivity index (χ3n) is 4.20. The summed E-state index contributed by atoms with van der Waals surface area (Å²) in [5, 5.41) is 2.76. The summed E-state index contributed by atoms with van der Waals surface area (Å²) in [6.45, 7) is 0.150. The van der Waals surface area contributed by atoms with Crippen LogP contribution in [0, 0.1) is 5.82 Å². The van der Waals surface area contributed by atoms with E-state index in [1.807, 2.05) is 0 Å². The molecule has 0 aliphatic carbocycles. The van der Waals surface area contributed by atoms with Crippen molar-refractivity contribution in [1.82, 2.24) is 14.9 Å². The SMILES string of the molecule is COc1cc(OC)c(C(=O)NCc2ccc(-n3ccnc3)c(F)c2)cc1OC. The molecule has 0 bridgehead atoms. The number of aromatic nitrogens is 2. The molecule has 0 saturated heterocycles. The van der Waals surface area contributed by atoms with E-state index < -0.39 is 5.82 Å². The molecule has 2 aromatic carbocycles. The van der Waals surface area contributed by atoms with Crippen LogP contribution in [0.4, 0.5) is 4.39 Å². The van der Waals surface area contributed by atoms with Crippen LogP contribution in [0.15, 0.2) is 49.1 Å². The Morgan fingerprint density at radius 3 is 2.39 bits per heavy atom. The van der Waals surface area contributed by atoms with E-state index in [-0.39, 0.29) is 18.0 Å². The third-order valence-corrected chi connectivity index (χ3v) is 4.20. The van der Waals surface area contributed by atoms with Gasteiger partial charge in [0.05, 0.1) is 38.9 Å². The van der Waals surface area contributed by atoms with Crippen molar-refractivity contribution in [3.8, 4) is 22.9 Å². The first kappa shape index (κ1) is 19.2. The molecule has 0 saturated carbocycles. The number of halogens is 1. The first-order valence-corrected chi connectivity index (χ1v) is 8.42. The van der Waals surface area contributed by atoms with Crippen LogP contribution in [-0.2, 0) is 6.54 Å². The predicted octanol–water partition coefficient (Wildman–Crippen LogP) is 2.97. The van der Waals surface area contributed by atoms with Crippen molar-refractivity contribution >= 4 is 5.91 Å². The van der Waals surface area contributed by atoms with Gasteiger partial charge in [-0.25, -0.2) is 9.37 Å². The molecule has 146 valence electrons. The molecule has 28 heavy (non-hydrogen) atoms. The molecule has 0 unspecified atom stereocenters. The topological polar surface area (TPSA) is 74.6 Å². The van der Waals surface area contributed by atoms with Gasteiger partial charge in [0.1, 0.15) is 11.6 Å². The van der Waals surface area contributed by atoms with Crippen molar-refractivity contribution in [2.24, 2.45) is 0 Å². The minimum Gasteiger partial charge on any atom is -0.496 e. The van der Waals surface area contributed by atoms with Crippen LogP contribution in [0.1, 0.15) is 15.9 Å². The minimum absolute atomic E-state index is 0.150. The van der Waals surface area contributed by atoms with E-state index in [2.05, 4.69) is 10.3 Å². The average molecular weight is 385 g/mol. The molecule has 0 spiro atoms. The molecular weight excluding hydrogens is 365 g/mol. The van der Waals surface area contributed by atoms with Crippen molar-refractivity contribution < 1.29 is 23.4 Å². The highest BCUT2D eigenvalue weighted by molar-refractivity contribution is 5.97. The number of ether oxygens (including phenoxy) is 3. The molecule has 7 nitrogen and oxygen atoms in total. The van der Waals surface area contributed by atoms with Crippen molar-refractivity contribution in [2.45, 2.75) is 6.54 Å². The van der Waals surface area contributed by atoms with Gasteiger partial charge in [-0.05, 0) is 17.7 Å². The van der Waals surface area contributed by atoms with E-state index in [1.165, 1.54) is 39.8 Å². The highest BCUT2D eigenvalue weighted by Crippen LogP contribution is 2.34. The van der Waals surface area contributed by atoms with Gasteiger partial charge in [-0.15, -0.1) is 0 Å². The number of carbonyl (C=O) groups excluding carboxylic acids is 1. The standard InChI is InChI=1S/C20H20FN3O4/c1-26-17-10-19(28-3)18(27-2)9-14(17)20(25)23-11-13-4-5-16(15(21)8-13)24-7-6-22-12-24/h4-10,12H,11H2,1-3H3,(H,23,25). The summed E-state index contributed by atoms with van der Waals surface area (Å²) in [5.41, 5.74) is 1.29. The molecule has 1 heterocycles. The number of carbonyl (C=O) groups is 1. The van der Waals surface area contributed by atoms with Gasteiger partial charge in [0.15, 0.2) is 11.5 Å². The second-order valence-corrected chi connectivity index (χ2v) is 5.85. The lowest BCUT2D eigenvalue weighted by Crippen LogP contribution is -2.23. The first-order valence-electron chi connectivity index (χ1n) is 8.42. The van der Waals surface area contributed by atoms with Gasteiger partial charge in [0, 0.05) is 31.1 Å². The van der Waals surface area contributed by atoms with Gasteiger partial charge in [0.2, 0.25) is 0 Å². The van der Waals surface area contributed by atoms with E-state index in [1.54, 1.807) is 35.2 Å². The number of amides is 1. The Labute approximate surface area is 161 Å². The minimum atomic E-state index is -0.409. The van der Waals surface area contributed by atoms with E-state index >= 15 is 0 Å². The van der Waals surface area contributed by atoms with Gasteiger partial charge < -0.3 is 24.1 Å². The number of hydrogen-bond donors (Lipinski definition) is 1. The fourth-order valence-corrected chi connectivity index (χ4v) is 2.76. The quantitative estimate of drug-likeness (QED) is 0.677. The molecule has 1 aromatic heterocycles. The van der Waals surface area contributed by atoms with Crippen LogP contribution < -0.4 is 19.5 Å². The summed E-state index contributed by atoms with van der Waals surface area (Å²) >= 11 is 0. The largest absolute Gasteiger partial charge is 0.496 e. The summed E-state index contributed by atoms with van der Waals surface area (Å²) in [6.07, 6.45) is 4.75. The predicted molar refractivity (Wildman–Crippen MR) is 101 cm³/mol. The number of imidazole rings is 1. The fraction of sp³-hybridized carbons (Fsp3) is 0.200. The smallest absolute Gasteiger partial charge is 0.255 e. The number of benzene rings is 2. The zero-order valence-electron chi connectivity index (χ0n) is 15.7. The molecule has 1 N–H and O–H groups in total. The summed E-state index contributed by atoms with van der Waals surface area (Å²) in [5.74, 6) is 0.416. The third kappa shape index (κ3) is 3.90. The first-order chi connectivity index (χ1) is 13.6. The lowest BCUT2D eigenvalue weighted by atomic mass is 10.1. The van der Waals surface area contributed by atoms with Gasteiger partial charge >= 0.3 is 0 Å². The van der Waals surface area contributed by atoms with Crippen LogP contribution in [0.5, 0.6) is 17.2 Å². The van der Waals surface area contributed by atoms with Crippen LogP contribution >= 0.6 is 0 Å². The molecule has 0 fully saturated rings. The Morgan fingerprint density at radius 2 is 1.79 bits per heavy atom. The number of methoxy groups -OCH3 is 3. The molecular formula is C20H20FN3O4. The molecule has 0 aliphatic rings. The highest BCUT2D eigenvalue weighted by atomic mass is 19.1. The molecule has 3 rings (SSSR count). The summed E-state index contributed by atoms with van der Waals surface area (Å²) in [7, 11) is 4.44. The van der Waals surface area contributed by atoms with Gasteiger partial charge in [0.25, 0.3) is 5.91 Å². The van der Waals surface area contributed by atoms with Crippen molar-refractivity contribution in [3.63, 3.8) is 0 Å². The van der Waals surface area contributed by atoms with Crippen LogP contribution in [0.25, 0.3) is 5.69 Å². The Balaban J connectivity index is 1.76. The van der Waals surface area contributed by atoms with Crippen LogP contribution in [0.2, 0.25) is 0 Å². The number of hydrogen-bond acceptors (Lipinski definition) is 5. The van der Waals surface area contributed by atoms with Crippen molar-refractivity contribution in [3.05, 3.63) is 66.0 Å². The number of rotatable bonds is 7. The average Bonchev–Trinajstić information content (AvgIpc) is 3.25. The molecule has 3 aromatic rings. The van der Waals surface area contributed by atoms with E-state index in [9.17, 15) is 9.18 Å². The van der Waals surface area contributed by atoms with Crippen LogP contribution in [0.3, 0.4) is 0 Å². The Kier molecular flexibility index (Phi) is 5.78. The second kappa shape index (κ2) is 8.43. The molecule has 0 atom stereocenters.